The first-order valence-corrected chi connectivity index (χ1v) is 6.43. The third kappa shape index (κ3) is 1.75. The van der Waals surface area contributed by atoms with E-state index >= 15 is 0 Å². The first-order valence-electron chi connectivity index (χ1n) is 6.43. The Morgan fingerprint density at radius 2 is 2.18 bits per heavy atom. The van der Waals surface area contributed by atoms with Crippen molar-refractivity contribution in [3.05, 3.63) is 30.1 Å². The van der Waals surface area contributed by atoms with Gasteiger partial charge in [-0.25, -0.2) is 4.98 Å². The van der Waals surface area contributed by atoms with Crippen molar-refractivity contribution in [3.8, 4) is 0 Å². The average Bonchev–Trinajstić information content (AvgIpc) is 2.91. The molecule has 2 unspecified atom stereocenters. The van der Waals surface area contributed by atoms with E-state index in [1.165, 1.54) is 5.52 Å². The van der Waals surface area contributed by atoms with Gasteiger partial charge in [-0.05, 0) is 31.4 Å². The maximum absolute atomic E-state index is 9.70. The second kappa shape index (κ2) is 4.15. The van der Waals surface area contributed by atoms with Crippen LogP contribution in [-0.4, -0.2) is 20.8 Å². The van der Waals surface area contributed by atoms with Crippen LogP contribution in [0.2, 0.25) is 0 Å². The normalized spacial score (nSPS) is 24.6. The molecule has 1 N–H and O–H groups in total. The minimum Gasteiger partial charge on any atom is -0.393 e. The van der Waals surface area contributed by atoms with Crippen molar-refractivity contribution in [2.45, 2.75) is 44.8 Å². The van der Waals surface area contributed by atoms with Gasteiger partial charge in [-0.2, -0.15) is 0 Å². The van der Waals surface area contributed by atoms with Crippen LogP contribution in [-0.2, 0) is 6.42 Å². The summed E-state index contributed by atoms with van der Waals surface area (Å²) in [6.45, 7) is 2.14. The van der Waals surface area contributed by atoms with Gasteiger partial charge in [0.05, 0.1) is 17.1 Å². The summed E-state index contributed by atoms with van der Waals surface area (Å²) >= 11 is 0. The lowest BCUT2D eigenvalue weighted by Gasteiger charge is -2.15. The second-order valence-corrected chi connectivity index (χ2v) is 4.86. The lowest BCUT2D eigenvalue weighted by atomic mass is 10.2. The van der Waals surface area contributed by atoms with Gasteiger partial charge in [0.15, 0.2) is 0 Å². The molecule has 0 spiro atoms. The Kier molecular flexibility index (Phi) is 2.63. The molecule has 1 aliphatic carbocycles. The van der Waals surface area contributed by atoms with Crippen molar-refractivity contribution in [2.75, 3.05) is 0 Å². The van der Waals surface area contributed by atoms with Crippen molar-refractivity contribution in [1.29, 1.82) is 0 Å². The summed E-state index contributed by atoms with van der Waals surface area (Å²) in [7, 11) is 0. The third-order valence-electron chi connectivity index (χ3n) is 3.73. The summed E-state index contributed by atoms with van der Waals surface area (Å²) in [5.74, 6) is 1.14. The summed E-state index contributed by atoms with van der Waals surface area (Å²) in [5, 5.41) is 9.70. The maximum Gasteiger partial charge on any atom is 0.109 e. The van der Waals surface area contributed by atoms with E-state index in [0.29, 0.717) is 6.04 Å². The minimum atomic E-state index is -0.133. The Labute approximate surface area is 101 Å². The highest BCUT2D eigenvalue weighted by molar-refractivity contribution is 5.76. The van der Waals surface area contributed by atoms with Gasteiger partial charge < -0.3 is 9.67 Å². The molecule has 1 fully saturated rings. The van der Waals surface area contributed by atoms with Crippen LogP contribution in [0.4, 0.5) is 0 Å². The smallest absolute Gasteiger partial charge is 0.109 e. The number of aryl methyl sites for hydroxylation is 1. The van der Waals surface area contributed by atoms with Crippen molar-refractivity contribution < 1.29 is 5.11 Å². The highest BCUT2D eigenvalue weighted by Crippen LogP contribution is 2.33. The Morgan fingerprint density at radius 1 is 1.35 bits per heavy atom. The number of aliphatic hydroxyl groups excluding tert-OH is 1. The number of para-hydroxylation sites is 2. The standard InChI is InChI=1S/C14H18N2O/c1-2-14-15-12-5-3-4-6-13(12)16(14)10-7-8-11(17)9-10/h3-6,10-11,17H,2,7-9H2,1H3. The zero-order valence-corrected chi connectivity index (χ0v) is 10.1. The molecule has 3 nitrogen and oxygen atoms in total. The average molecular weight is 230 g/mol. The van der Waals surface area contributed by atoms with Crippen molar-refractivity contribution in [2.24, 2.45) is 0 Å². The molecule has 0 saturated heterocycles. The molecule has 17 heavy (non-hydrogen) atoms. The predicted octanol–water partition coefficient (Wildman–Crippen LogP) is 2.68. The highest BCUT2D eigenvalue weighted by Gasteiger charge is 2.26. The van der Waals surface area contributed by atoms with Crippen LogP contribution in [0.5, 0.6) is 0 Å². The lowest BCUT2D eigenvalue weighted by Crippen LogP contribution is -2.10. The van der Waals surface area contributed by atoms with Crippen LogP contribution in [0.15, 0.2) is 24.3 Å². The number of imidazole rings is 1. The quantitative estimate of drug-likeness (QED) is 0.861. The molecule has 1 aromatic carbocycles. The molecule has 90 valence electrons. The summed E-state index contributed by atoms with van der Waals surface area (Å²) < 4.78 is 2.34. The monoisotopic (exact) mass is 230 g/mol. The summed E-state index contributed by atoms with van der Waals surface area (Å²) in [5.41, 5.74) is 2.29. The van der Waals surface area contributed by atoms with Crippen molar-refractivity contribution in [1.82, 2.24) is 9.55 Å². The first-order chi connectivity index (χ1) is 8.29. The van der Waals surface area contributed by atoms with Gasteiger partial charge >= 0.3 is 0 Å². The molecular weight excluding hydrogens is 212 g/mol. The number of rotatable bonds is 2. The summed E-state index contributed by atoms with van der Waals surface area (Å²) in [6.07, 6.45) is 3.66. The van der Waals surface area contributed by atoms with E-state index in [1.807, 2.05) is 6.07 Å². The van der Waals surface area contributed by atoms with E-state index < -0.39 is 0 Å². The fourth-order valence-electron chi connectivity index (χ4n) is 2.92. The fourth-order valence-corrected chi connectivity index (χ4v) is 2.92. The minimum absolute atomic E-state index is 0.133. The van der Waals surface area contributed by atoms with Gasteiger partial charge in [-0.1, -0.05) is 19.1 Å². The largest absolute Gasteiger partial charge is 0.393 e. The third-order valence-corrected chi connectivity index (χ3v) is 3.73. The number of benzene rings is 1. The van der Waals surface area contributed by atoms with Gasteiger partial charge in [-0.3, -0.25) is 0 Å². The van der Waals surface area contributed by atoms with E-state index in [4.69, 9.17) is 0 Å². The Balaban J connectivity index is 2.12. The fraction of sp³-hybridized carbons (Fsp3) is 0.500. The Bertz CT molecular complexity index is 532. The molecule has 2 aromatic rings. The van der Waals surface area contributed by atoms with Crippen molar-refractivity contribution >= 4 is 11.0 Å². The van der Waals surface area contributed by atoms with Gasteiger partial charge in [0.25, 0.3) is 0 Å². The Morgan fingerprint density at radius 3 is 2.88 bits per heavy atom. The molecule has 0 amide bonds. The zero-order chi connectivity index (χ0) is 11.8. The van der Waals surface area contributed by atoms with Gasteiger partial charge in [0.2, 0.25) is 0 Å². The molecular formula is C14H18N2O. The number of nitrogens with zero attached hydrogens (tertiary/aromatic N) is 2. The van der Waals surface area contributed by atoms with Crippen LogP contribution in [0.3, 0.4) is 0 Å². The molecule has 1 saturated carbocycles. The van der Waals surface area contributed by atoms with Crippen LogP contribution < -0.4 is 0 Å². The number of aromatic nitrogens is 2. The molecule has 3 heteroatoms. The molecule has 3 rings (SSSR count). The molecule has 0 aliphatic heterocycles. The molecule has 2 atom stereocenters. The molecule has 1 aliphatic rings. The Hall–Kier alpha value is -1.35. The van der Waals surface area contributed by atoms with Gasteiger partial charge in [-0.15, -0.1) is 0 Å². The number of hydrogen-bond acceptors (Lipinski definition) is 2. The van der Waals surface area contributed by atoms with E-state index in [-0.39, 0.29) is 6.10 Å². The second-order valence-electron chi connectivity index (χ2n) is 4.86. The molecule has 0 radical (unpaired) electrons. The van der Waals surface area contributed by atoms with Crippen LogP contribution in [0, 0.1) is 0 Å². The van der Waals surface area contributed by atoms with E-state index in [0.717, 1.165) is 37.0 Å². The number of fused-ring (bicyclic) bond motifs is 1. The zero-order valence-electron chi connectivity index (χ0n) is 10.1. The topological polar surface area (TPSA) is 38.0 Å². The van der Waals surface area contributed by atoms with Crippen LogP contribution >= 0.6 is 0 Å². The van der Waals surface area contributed by atoms with Crippen molar-refractivity contribution in [3.63, 3.8) is 0 Å². The predicted molar refractivity (Wildman–Crippen MR) is 68.0 cm³/mol. The van der Waals surface area contributed by atoms with Crippen LogP contribution in [0.1, 0.15) is 38.1 Å². The van der Waals surface area contributed by atoms with Gasteiger partial charge in [0.1, 0.15) is 5.82 Å². The first kappa shape index (κ1) is 10.8. The number of hydrogen-bond donors (Lipinski definition) is 1. The SMILES string of the molecule is CCc1nc2ccccc2n1C1CCC(O)C1. The van der Waals surface area contributed by atoms with E-state index in [2.05, 4.69) is 34.7 Å². The number of aliphatic hydroxyl groups is 1. The highest BCUT2D eigenvalue weighted by atomic mass is 16.3. The maximum atomic E-state index is 9.70. The summed E-state index contributed by atoms with van der Waals surface area (Å²) in [4.78, 5) is 4.68. The van der Waals surface area contributed by atoms with E-state index in [1.54, 1.807) is 0 Å². The molecule has 1 aromatic heterocycles. The summed E-state index contributed by atoms with van der Waals surface area (Å²) in [6, 6.07) is 8.71. The van der Waals surface area contributed by atoms with Gasteiger partial charge in [0, 0.05) is 12.5 Å². The van der Waals surface area contributed by atoms with Crippen LogP contribution in [0.25, 0.3) is 11.0 Å². The lowest BCUT2D eigenvalue weighted by molar-refractivity contribution is 0.178. The van der Waals surface area contributed by atoms with E-state index in [9.17, 15) is 5.11 Å². The molecule has 0 bridgehead atoms. The molecule has 1 heterocycles.